The summed E-state index contributed by atoms with van der Waals surface area (Å²) in [5.74, 6) is 0.800. The molecule has 1 aliphatic rings. The number of nitrogens with one attached hydrogen (secondary N) is 1. The minimum absolute atomic E-state index is 0.0767. The average molecular weight is 413 g/mol. The molecule has 2 N–H and O–H groups in total. The van der Waals surface area contributed by atoms with Crippen LogP contribution >= 0.6 is 0 Å². The zero-order valence-electron chi connectivity index (χ0n) is 18.1. The SMILES string of the molecule is C=CCC(C)CC(=O)Nc1cccc2nc(C(=O)N3CCC(C(C)(C)O)CC3)cn12. The van der Waals surface area contributed by atoms with E-state index in [2.05, 4.69) is 16.9 Å². The summed E-state index contributed by atoms with van der Waals surface area (Å²) >= 11 is 0. The molecule has 3 heterocycles. The van der Waals surface area contributed by atoms with Crippen molar-refractivity contribution in [1.29, 1.82) is 0 Å². The van der Waals surface area contributed by atoms with Crippen molar-refractivity contribution in [3.8, 4) is 0 Å². The van der Waals surface area contributed by atoms with Crippen molar-refractivity contribution in [3.63, 3.8) is 0 Å². The summed E-state index contributed by atoms with van der Waals surface area (Å²) in [7, 11) is 0. The Morgan fingerprint density at radius 2 is 2.07 bits per heavy atom. The van der Waals surface area contributed by atoms with Crippen molar-refractivity contribution in [2.45, 2.75) is 52.1 Å². The van der Waals surface area contributed by atoms with Gasteiger partial charge < -0.3 is 15.3 Å². The van der Waals surface area contributed by atoms with Crippen LogP contribution in [0.3, 0.4) is 0 Å². The average Bonchev–Trinajstić information content (AvgIpc) is 3.12. The summed E-state index contributed by atoms with van der Waals surface area (Å²) in [5, 5.41) is 13.1. The van der Waals surface area contributed by atoms with Crippen LogP contribution < -0.4 is 5.32 Å². The van der Waals surface area contributed by atoms with Gasteiger partial charge in [0, 0.05) is 25.7 Å². The lowest BCUT2D eigenvalue weighted by Crippen LogP contribution is -2.44. The van der Waals surface area contributed by atoms with E-state index >= 15 is 0 Å². The molecule has 0 saturated carbocycles. The van der Waals surface area contributed by atoms with E-state index in [0.29, 0.717) is 36.7 Å². The number of hydrogen-bond acceptors (Lipinski definition) is 4. The summed E-state index contributed by atoms with van der Waals surface area (Å²) in [4.78, 5) is 31.6. The fourth-order valence-corrected chi connectivity index (χ4v) is 4.04. The van der Waals surface area contributed by atoms with Crippen molar-refractivity contribution in [2.24, 2.45) is 11.8 Å². The Balaban J connectivity index is 1.71. The van der Waals surface area contributed by atoms with Gasteiger partial charge in [-0.05, 0) is 57.1 Å². The number of likely N-dealkylation sites (tertiary alicyclic amines) is 1. The Morgan fingerprint density at radius 1 is 1.37 bits per heavy atom. The highest BCUT2D eigenvalue weighted by atomic mass is 16.3. The van der Waals surface area contributed by atoms with Crippen molar-refractivity contribution >= 4 is 23.3 Å². The molecule has 0 aromatic carbocycles. The number of piperidine rings is 1. The number of anilines is 1. The van der Waals surface area contributed by atoms with E-state index in [-0.39, 0.29) is 23.7 Å². The predicted molar refractivity (Wildman–Crippen MR) is 117 cm³/mol. The van der Waals surface area contributed by atoms with Gasteiger partial charge in [-0.3, -0.25) is 14.0 Å². The highest BCUT2D eigenvalue weighted by Crippen LogP contribution is 2.28. The second-order valence-corrected chi connectivity index (χ2v) is 8.87. The lowest BCUT2D eigenvalue weighted by molar-refractivity contribution is -0.117. The minimum Gasteiger partial charge on any atom is -0.390 e. The van der Waals surface area contributed by atoms with E-state index in [9.17, 15) is 14.7 Å². The van der Waals surface area contributed by atoms with E-state index in [1.807, 2.05) is 39.0 Å². The molecule has 162 valence electrons. The zero-order chi connectivity index (χ0) is 21.9. The van der Waals surface area contributed by atoms with Crippen molar-refractivity contribution in [3.05, 3.63) is 42.7 Å². The van der Waals surface area contributed by atoms with Gasteiger partial charge in [0.05, 0.1) is 5.60 Å². The number of carbonyl (C=O) groups is 2. The Bertz CT molecular complexity index is 920. The summed E-state index contributed by atoms with van der Waals surface area (Å²) in [6.45, 7) is 10.6. The fourth-order valence-electron chi connectivity index (χ4n) is 4.04. The molecule has 1 aliphatic heterocycles. The maximum absolute atomic E-state index is 13.0. The molecule has 7 heteroatoms. The van der Waals surface area contributed by atoms with Gasteiger partial charge in [0.2, 0.25) is 5.91 Å². The van der Waals surface area contributed by atoms with Gasteiger partial charge in [0.25, 0.3) is 5.91 Å². The molecule has 2 amide bonds. The first-order chi connectivity index (χ1) is 14.2. The zero-order valence-corrected chi connectivity index (χ0v) is 18.1. The maximum Gasteiger partial charge on any atom is 0.274 e. The molecule has 1 unspecified atom stereocenters. The number of fused-ring (bicyclic) bond motifs is 1. The first-order valence-corrected chi connectivity index (χ1v) is 10.6. The number of nitrogens with zero attached hydrogens (tertiary/aromatic N) is 3. The molecular weight excluding hydrogens is 380 g/mol. The van der Waals surface area contributed by atoms with Gasteiger partial charge in [-0.25, -0.2) is 4.98 Å². The van der Waals surface area contributed by atoms with Gasteiger partial charge in [-0.15, -0.1) is 6.58 Å². The number of aromatic nitrogens is 2. The van der Waals surface area contributed by atoms with Crippen LogP contribution in [0.25, 0.3) is 5.65 Å². The number of rotatable bonds is 7. The van der Waals surface area contributed by atoms with Crippen LogP contribution in [0.2, 0.25) is 0 Å². The van der Waals surface area contributed by atoms with E-state index in [0.717, 1.165) is 19.3 Å². The van der Waals surface area contributed by atoms with E-state index in [1.54, 1.807) is 21.6 Å². The number of hydrogen-bond donors (Lipinski definition) is 2. The van der Waals surface area contributed by atoms with Gasteiger partial charge in [0.15, 0.2) is 0 Å². The quantitative estimate of drug-likeness (QED) is 0.682. The summed E-state index contributed by atoms with van der Waals surface area (Å²) < 4.78 is 1.74. The largest absolute Gasteiger partial charge is 0.390 e. The fraction of sp³-hybridized carbons (Fsp3) is 0.522. The van der Waals surface area contributed by atoms with Crippen molar-refractivity contribution < 1.29 is 14.7 Å². The van der Waals surface area contributed by atoms with Crippen molar-refractivity contribution in [2.75, 3.05) is 18.4 Å². The molecule has 7 nitrogen and oxygen atoms in total. The lowest BCUT2D eigenvalue weighted by Gasteiger charge is -2.37. The first-order valence-electron chi connectivity index (χ1n) is 10.6. The Labute approximate surface area is 177 Å². The van der Waals surface area contributed by atoms with Crippen LogP contribution in [-0.2, 0) is 4.79 Å². The number of amides is 2. The molecule has 2 aromatic heterocycles. The number of allylic oxidation sites excluding steroid dienone is 1. The molecule has 0 aliphatic carbocycles. The predicted octanol–water partition coefficient (Wildman–Crippen LogP) is 3.50. The van der Waals surface area contributed by atoms with Gasteiger partial charge in [0.1, 0.15) is 17.2 Å². The molecule has 30 heavy (non-hydrogen) atoms. The third kappa shape index (κ3) is 5.08. The monoisotopic (exact) mass is 412 g/mol. The van der Waals surface area contributed by atoms with Gasteiger partial charge >= 0.3 is 0 Å². The Hall–Kier alpha value is -2.67. The minimum atomic E-state index is -0.728. The third-order valence-electron chi connectivity index (χ3n) is 5.86. The summed E-state index contributed by atoms with van der Waals surface area (Å²) in [6.07, 6.45) is 6.23. The molecule has 1 atom stereocenters. The normalized spacial score (nSPS) is 16.5. The molecule has 0 spiro atoms. The van der Waals surface area contributed by atoms with Crippen LogP contribution in [0, 0.1) is 11.8 Å². The van der Waals surface area contributed by atoms with Crippen LogP contribution in [0.1, 0.15) is 56.9 Å². The maximum atomic E-state index is 13.0. The van der Waals surface area contributed by atoms with Gasteiger partial charge in [-0.1, -0.05) is 19.1 Å². The molecule has 0 radical (unpaired) electrons. The standard InChI is InChI=1S/C23H32N4O3/c1-5-7-16(2)14-21(28)25-20-9-6-8-19-24-18(15-27(19)20)22(29)26-12-10-17(11-13-26)23(3,4)30/h5-6,8-9,15-17,30H,1,7,10-14H2,2-4H3,(H,25,28). The molecule has 2 aromatic rings. The summed E-state index contributed by atoms with van der Waals surface area (Å²) in [6, 6.07) is 5.43. The molecule has 0 bridgehead atoms. The van der Waals surface area contributed by atoms with E-state index in [4.69, 9.17) is 0 Å². The highest BCUT2D eigenvalue weighted by Gasteiger charge is 2.32. The number of carbonyl (C=O) groups excluding carboxylic acids is 2. The molecule has 1 saturated heterocycles. The molecular formula is C23H32N4O3. The second kappa shape index (κ2) is 9.00. The Morgan fingerprint density at radius 3 is 2.70 bits per heavy atom. The Kier molecular flexibility index (Phi) is 6.61. The van der Waals surface area contributed by atoms with Crippen LogP contribution in [-0.4, -0.2) is 49.9 Å². The lowest BCUT2D eigenvalue weighted by atomic mass is 9.83. The van der Waals surface area contributed by atoms with E-state index in [1.165, 1.54) is 0 Å². The van der Waals surface area contributed by atoms with Crippen LogP contribution in [0.5, 0.6) is 0 Å². The topological polar surface area (TPSA) is 86.9 Å². The molecule has 1 fully saturated rings. The summed E-state index contributed by atoms with van der Waals surface area (Å²) in [5.41, 5.74) is 0.245. The second-order valence-electron chi connectivity index (χ2n) is 8.87. The van der Waals surface area contributed by atoms with Crippen LogP contribution in [0.15, 0.2) is 37.1 Å². The molecule has 3 rings (SSSR count). The highest BCUT2D eigenvalue weighted by molar-refractivity contribution is 5.94. The first kappa shape index (κ1) is 22.0. The van der Waals surface area contributed by atoms with Crippen molar-refractivity contribution in [1.82, 2.24) is 14.3 Å². The number of imidazole rings is 1. The number of pyridine rings is 1. The van der Waals surface area contributed by atoms with E-state index < -0.39 is 5.60 Å². The van der Waals surface area contributed by atoms with Crippen LogP contribution in [0.4, 0.5) is 5.82 Å². The smallest absolute Gasteiger partial charge is 0.274 e. The number of aliphatic hydroxyl groups is 1. The third-order valence-corrected chi connectivity index (χ3v) is 5.86. The van der Waals surface area contributed by atoms with Gasteiger partial charge in [-0.2, -0.15) is 0 Å².